The summed E-state index contributed by atoms with van der Waals surface area (Å²) in [5, 5.41) is 10.4. The van der Waals surface area contributed by atoms with Crippen molar-refractivity contribution in [1.29, 1.82) is 0 Å². The molecule has 0 spiro atoms. The highest BCUT2D eigenvalue weighted by atomic mass is 19.4. The van der Waals surface area contributed by atoms with Crippen molar-refractivity contribution in [2.24, 2.45) is 0 Å². The number of aliphatic hydroxyl groups excluding tert-OH is 1. The zero-order chi connectivity index (χ0) is 32.6. The molecule has 2 fully saturated rings. The van der Waals surface area contributed by atoms with Crippen molar-refractivity contribution in [1.82, 2.24) is 20.0 Å². The number of hydrogen-bond donors (Lipinski definition) is 2. The quantitative estimate of drug-likeness (QED) is 0.380. The Balaban J connectivity index is 0.000000741. The first kappa shape index (κ1) is 38.6. The Hall–Kier alpha value is -2.44. The number of hydrogen-bond acceptors (Lipinski definition) is 5. The molecule has 2 saturated heterocycles. The maximum Gasteiger partial charge on any atom is 0.416 e. The first-order chi connectivity index (χ1) is 20.3. The Kier molecular flexibility index (Phi) is 17.1. The second kappa shape index (κ2) is 19.1. The average Bonchev–Trinajstić information content (AvgIpc) is 2.98. The summed E-state index contributed by atoms with van der Waals surface area (Å²) in [5.74, 6) is 0. The molecule has 4 rings (SSSR count). The van der Waals surface area contributed by atoms with Crippen LogP contribution in [-0.2, 0) is 18.8 Å². The van der Waals surface area contributed by atoms with Gasteiger partial charge in [0.1, 0.15) is 0 Å². The van der Waals surface area contributed by atoms with Crippen molar-refractivity contribution in [2.75, 3.05) is 67.5 Å². The van der Waals surface area contributed by atoms with E-state index in [2.05, 4.69) is 47.2 Å². The number of nitrogens with one attached hydrogen (secondary N) is 1. The van der Waals surface area contributed by atoms with Crippen molar-refractivity contribution in [3.63, 3.8) is 0 Å². The summed E-state index contributed by atoms with van der Waals surface area (Å²) in [5.41, 5.74) is 0.568. The summed E-state index contributed by atoms with van der Waals surface area (Å²) < 4.78 is 74.7. The molecular weight excluding hydrogens is 570 g/mol. The molecule has 2 heterocycles. The summed E-state index contributed by atoms with van der Waals surface area (Å²) in [6, 6.07) is 11.5. The Labute approximate surface area is 254 Å². The zero-order valence-electron chi connectivity index (χ0n) is 26.1. The molecule has 0 aliphatic carbocycles. The van der Waals surface area contributed by atoms with Gasteiger partial charge in [0.15, 0.2) is 0 Å². The van der Waals surface area contributed by atoms with Crippen LogP contribution in [0.1, 0.15) is 43.9 Å². The van der Waals surface area contributed by atoms with Crippen molar-refractivity contribution < 1.29 is 32.9 Å². The number of aryl methyl sites for hydroxylation is 1. The van der Waals surface area contributed by atoms with E-state index in [0.717, 1.165) is 94.6 Å². The Morgan fingerprint density at radius 1 is 0.791 bits per heavy atom. The molecule has 2 atom stereocenters. The van der Waals surface area contributed by atoms with Gasteiger partial charge in [-0.15, -0.1) is 0 Å². The van der Waals surface area contributed by atoms with Gasteiger partial charge in [0.05, 0.1) is 11.1 Å². The van der Waals surface area contributed by atoms with Gasteiger partial charge >= 0.3 is 12.4 Å². The summed E-state index contributed by atoms with van der Waals surface area (Å²) in [7, 11) is 7.23. The average molecular weight is 621 g/mol. The molecule has 0 bridgehead atoms. The predicted molar refractivity (Wildman–Crippen MR) is 165 cm³/mol. The first-order valence-corrected chi connectivity index (χ1v) is 14.6. The SMILES string of the molecule is CC.CN1CCN(C)C(C=Cc2ccc(C(F)(F)F)cc2)C1.CN1CCNC(CCc2ccc(C(F)(F)F)cc2)C1.CO.[HH]. The van der Waals surface area contributed by atoms with Crippen molar-refractivity contribution in [2.45, 2.75) is 51.1 Å². The van der Waals surface area contributed by atoms with Crippen molar-refractivity contribution in [3.8, 4) is 0 Å². The lowest BCUT2D eigenvalue weighted by Gasteiger charge is -2.36. The van der Waals surface area contributed by atoms with Gasteiger partial charge < -0.3 is 20.2 Å². The van der Waals surface area contributed by atoms with Gasteiger partial charge in [-0.2, -0.15) is 26.3 Å². The normalized spacial score (nSPS) is 20.3. The summed E-state index contributed by atoms with van der Waals surface area (Å²) in [6.45, 7) is 10.0. The molecule has 2 aromatic carbocycles. The molecular formula is C32H50F6N4O. The molecule has 0 saturated carbocycles. The van der Waals surface area contributed by atoms with E-state index in [-0.39, 0.29) is 1.43 Å². The van der Waals surface area contributed by atoms with Gasteiger partial charge in [0, 0.05) is 59.9 Å². The molecule has 0 aromatic heterocycles. The minimum absolute atomic E-state index is 0. The van der Waals surface area contributed by atoms with Crippen LogP contribution >= 0.6 is 0 Å². The van der Waals surface area contributed by atoms with E-state index in [4.69, 9.17) is 5.11 Å². The van der Waals surface area contributed by atoms with Crippen LogP contribution in [0.5, 0.6) is 0 Å². The number of benzene rings is 2. The summed E-state index contributed by atoms with van der Waals surface area (Å²) >= 11 is 0. The third-order valence-corrected chi connectivity index (χ3v) is 7.17. The number of piperazine rings is 2. The second-order valence-electron chi connectivity index (χ2n) is 10.4. The summed E-state index contributed by atoms with van der Waals surface area (Å²) in [6.07, 6.45) is -2.81. The van der Waals surface area contributed by atoms with Crippen molar-refractivity contribution >= 4 is 6.08 Å². The van der Waals surface area contributed by atoms with Crippen LogP contribution in [0, 0.1) is 0 Å². The van der Waals surface area contributed by atoms with Crippen molar-refractivity contribution in [3.05, 3.63) is 76.9 Å². The lowest BCUT2D eigenvalue weighted by atomic mass is 10.0. The lowest BCUT2D eigenvalue weighted by molar-refractivity contribution is -0.138. The highest BCUT2D eigenvalue weighted by Gasteiger charge is 2.30. The number of halogens is 6. The largest absolute Gasteiger partial charge is 0.416 e. The van der Waals surface area contributed by atoms with E-state index in [1.54, 1.807) is 12.1 Å². The minimum atomic E-state index is -4.27. The standard InChI is InChI=1S/C15H19F3N2.C14H19F3N2.C2H6.CH4O.H2/c1-19-9-10-20(2)14(11-19)8-5-12-3-6-13(7-4-12)15(16,17)18;1-19-9-8-18-13(10-19)7-4-11-2-5-12(6-3-11)14(15,16)17;2*1-2;/h3-8,14H,9-11H2,1-2H3;2-3,5-6,13,18H,4,7-10H2,1H3;1-2H3;2H,1H3;1H. The van der Waals surface area contributed by atoms with E-state index >= 15 is 0 Å². The van der Waals surface area contributed by atoms with Crippen LogP contribution in [0.15, 0.2) is 54.6 Å². The molecule has 2 aromatic rings. The number of rotatable bonds is 5. The van der Waals surface area contributed by atoms with E-state index < -0.39 is 23.5 Å². The Bertz CT molecular complexity index is 1050. The van der Waals surface area contributed by atoms with Crippen LogP contribution in [0.3, 0.4) is 0 Å². The van der Waals surface area contributed by atoms with Crippen LogP contribution in [0.2, 0.25) is 0 Å². The van der Waals surface area contributed by atoms with Gasteiger partial charge in [0.2, 0.25) is 0 Å². The molecule has 2 aliphatic heterocycles. The Morgan fingerprint density at radius 2 is 1.30 bits per heavy atom. The molecule has 5 nitrogen and oxygen atoms in total. The lowest BCUT2D eigenvalue weighted by Crippen LogP contribution is -2.49. The molecule has 11 heteroatoms. The minimum Gasteiger partial charge on any atom is -0.400 e. The van der Waals surface area contributed by atoms with Crippen LogP contribution in [0.4, 0.5) is 26.3 Å². The van der Waals surface area contributed by atoms with E-state index in [1.807, 2.05) is 19.9 Å². The first-order valence-electron chi connectivity index (χ1n) is 14.6. The van der Waals surface area contributed by atoms with E-state index in [1.165, 1.54) is 12.1 Å². The third-order valence-electron chi connectivity index (χ3n) is 7.17. The second-order valence-corrected chi connectivity index (χ2v) is 10.4. The maximum atomic E-state index is 12.5. The van der Waals surface area contributed by atoms with Crippen LogP contribution in [0.25, 0.3) is 6.08 Å². The van der Waals surface area contributed by atoms with E-state index in [9.17, 15) is 26.3 Å². The molecule has 2 unspecified atom stereocenters. The van der Waals surface area contributed by atoms with Gasteiger partial charge in [-0.25, -0.2) is 0 Å². The molecule has 0 radical (unpaired) electrons. The fourth-order valence-electron chi connectivity index (χ4n) is 4.64. The topological polar surface area (TPSA) is 42.0 Å². The fourth-order valence-corrected chi connectivity index (χ4v) is 4.64. The molecule has 0 amide bonds. The highest BCUT2D eigenvalue weighted by molar-refractivity contribution is 5.50. The molecule has 43 heavy (non-hydrogen) atoms. The monoisotopic (exact) mass is 620 g/mol. The maximum absolute atomic E-state index is 12.5. The zero-order valence-corrected chi connectivity index (χ0v) is 26.1. The van der Waals surface area contributed by atoms with Crippen LogP contribution in [-0.4, -0.2) is 99.4 Å². The number of alkyl halides is 6. The van der Waals surface area contributed by atoms with E-state index in [0.29, 0.717) is 12.1 Å². The fraction of sp³-hybridized carbons (Fsp3) is 0.562. The number of aliphatic hydroxyl groups is 1. The Morgan fingerprint density at radius 3 is 1.81 bits per heavy atom. The van der Waals surface area contributed by atoms with Gasteiger partial charge in [-0.05, 0) is 69.4 Å². The van der Waals surface area contributed by atoms with Crippen LogP contribution < -0.4 is 5.32 Å². The number of nitrogens with zero attached hydrogens (tertiary/aromatic N) is 3. The third kappa shape index (κ3) is 14.3. The highest BCUT2D eigenvalue weighted by Crippen LogP contribution is 2.30. The van der Waals surface area contributed by atoms with Gasteiger partial charge in [-0.3, -0.25) is 4.90 Å². The predicted octanol–water partition coefficient (Wildman–Crippen LogP) is 6.39. The smallest absolute Gasteiger partial charge is 0.400 e. The van der Waals surface area contributed by atoms with Gasteiger partial charge in [0.25, 0.3) is 0 Å². The summed E-state index contributed by atoms with van der Waals surface area (Å²) in [4.78, 5) is 6.77. The molecule has 2 aliphatic rings. The molecule has 246 valence electrons. The molecule has 2 N–H and O–H groups in total. The number of likely N-dealkylation sites (N-methyl/N-ethyl adjacent to an activating group) is 3. The van der Waals surface area contributed by atoms with Gasteiger partial charge in [-0.1, -0.05) is 50.3 Å².